The number of nitrogens with one attached hydrogen (secondary N) is 1. The first kappa shape index (κ1) is 18.7. The fourth-order valence-corrected chi connectivity index (χ4v) is 2.80. The molecule has 0 unspecified atom stereocenters. The van der Waals surface area contributed by atoms with Crippen LogP contribution in [-0.4, -0.2) is 28.6 Å². The Morgan fingerprint density at radius 2 is 1.96 bits per heavy atom. The van der Waals surface area contributed by atoms with Gasteiger partial charge < -0.3 is 19.0 Å². The Bertz CT molecular complexity index is 1000. The minimum absolute atomic E-state index is 0.187. The number of hydrogen-bond donors (Lipinski definition) is 1. The van der Waals surface area contributed by atoms with Crippen molar-refractivity contribution in [1.29, 1.82) is 0 Å². The smallest absolute Gasteiger partial charge is 0.265 e. The van der Waals surface area contributed by atoms with Crippen LogP contribution in [0.5, 0.6) is 5.75 Å². The Morgan fingerprint density at radius 1 is 1.22 bits per heavy atom. The van der Waals surface area contributed by atoms with E-state index < -0.39 is 0 Å². The molecule has 2 aromatic heterocycles. The van der Waals surface area contributed by atoms with Crippen molar-refractivity contribution in [2.24, 2.45) is 7.05 Å². The molecule has 3 aromatic rings. The summed E-state index contributed by atoms with van der Waals surface area (Å²) in [7, 11) is 1.59. The molecule has 7 nitrogen and oxygen atoms in total. The maximum atomic E-state index is 12.5. The second-order valence-electron chi connectivity index (χ2n) is 6.50. The van der Waals surface area contributed by atoms with E-state index in [-0.39, 0.29) is 28.1 Å². The van der Waals surface area contributed by atoms with E-state index in [1.165, 1.54) is 16.5 Å². The van der Waals surface area contributed by atoms with Crippen LogP contribution in [-0.2, 0) is 7.05 Å². The van der Waals surface area contributed by atoms with Gasteiger partial charge in [-0.3, -0.25) is 9.59 Å². The van der Waals surface area contributed by atoms with Gasteiger partial charge in [0, 0.05) is 13.6 Å². The normalized spacial score (nSPS) is 10.9. The summed E-state index contributed by atoms with van der Waals surface area (Å²) < 4.78 is 12.4. The predicted molar refractivity (Wildman–Crippen MR) is 102 cm³/mol. The SMILES string of the molecule is Cc1ccc(OCCCCNC(=O)c2c(C)oc3ncn(C)c(=O)c23)cc1. The highest BCUT2D eigenvalue weighted by Crippen LogP contribution is 2.20. The van der Waals surface area contributed by atoms with Gasteiger partial charge in [-0.05, 0) is 38.8 Å². The number of aromatic nitrogens is 2. The molecule has 0 aliphatic rings. The largest absolute Gasteiger partial charge is 0.494 e. The Labute approximate surface area is 157 Å². The summed E-state index contributed by atoms with van der Waals surface area (Å²) in [5.41, 5.74) is 1.34. The van der Waals surface area contributed by atoms with Gasteiger partial charge in [-0.2, -0.15) is 0 Å². The van der Waals surface area contributed by atoms with Gasteiger partial charge in [-0.15, -0.1) is 0 Å². The maximum absolute atomic E-state index is 12.5. The molecule has 0 saturated carbocycles. The number of carbonyl (C=O) groups is 1. The van der Waals surface area contributed by atoms with Gasteiger partial charge >= 0.3 is 0 Å². The molecule has 7 heteroatoms. The van der Waals surface area contributed by atoms with Gasteiger partial charge in [0.05, 0.1) is 12.2 Å². The van der Waals surface area contributed by atoms with E-state index >= 15 is 0 Å². The van der Waals surface area contributed by atoms with Crippen LogP contribution in [0.3, 0.4) is 0 Å². The number of furan rings is 1. The quantitative estimate of drug-likeness (QED) is 0.647. The number of hydrogen-bond acceptors (Lipinski definition) is 5. The molecule has 3 rings (SSSR count). The van der Waals surface area contributed by atoms with Crippen molar-refractivity contribution in [3.05, 3.63) is 57.8 Å². The summed E-state index contributed by atoms with van der Waals surface area (Å²) in [6.07, 6.45) is 2.95. The summed E-state index contributed by atoms with van der Waals surface area (Å²) in [4.78, 5) is 28.9. The Kier molecular flexibility index (Phi) is 5.59. The monoisotopic (exact) mass is 369 g/mol. The third-order valence-corrected chi connectivity index (χ3v) is 4.32. The van der Waals surface area contributed by atoms with Crippen LogP contribution in [0.4, 0.5) is 0 Å². The van der Waals surface area contributed by atoms with Crippen LogP contribution in [0.25, 0.3) is 11.1 Å². The van der Waals surface area contributed by atoms with Gasteiger partial charge in [-0.25, -0.2) is 4.98 Å². The van der Waals surface area contributed by atoms with E-state index in [1.54, 1.807) is 14.0 Å². The van der Waals surface area contributed by atoms with Gasteiger partial charge in [0.1, 0.15) is 23.2 Å². The molecular weight excluding hydrogens is 346 g/mol. The van der Waals surface area contributed by atoms with E-state index in [4.69, 9.17) is 9.15 Å². The van der Waals surface area contributed by atoms with Crippen LogP contribution in [0.2, 0.25) is 0 Å². The van der Waals surface area contributed by atoms with Crippen molar-refractivity contribution in [3.8, 4) is 5.75 Å². The fourth-order valence-electron chi connectivity index (χ4n) is 2.80. The standard InChI is InChI=1S/C20H23N3O4/c1-13-6-8-15(9-7-13)26-11-5-4-10-21-18(24)16-14(2)27-19-17(16)20(25)23(3)12-22-19/h6-9,12H,4-5,10-11H2,1-3H3,(H,21,24). The van der Waals surface area contributed by atoms with Crippen molar-refractivity contribution in [3.63, 3.8) is 0 Å². The number of aryl methyl sites for hydroxylation is 3. The van der Waals surface area contributed by atoms with Crippen LogP contribution in [0.1, 0.15) is 34.5 Å². The lowest BCUT2D eigenvalue weighted by Gasteiger charge is -2.07. The van der Waals surface area contributed by atoms with Gasteiger partial charge in [0.2, 0.25) is 5.71 Å². The van der Waals surface area contributed by atoms with Crippen LogP contribution < -0.4 is 15.6 Å². The molecule has 0 radical (unpaired) electrons. The van der Waals surface area contributed by atoms with Crippen LogP contribution in [0, 0.1) is 13.8 Å². The summed E-state index contributed by atoms with van der Waals surface area (Å²) in [6, 6.07) is 7.90. The van der Waals surface area contributed by atoms with Crippen molar-refractivity contribution in [1.82, 2.24) is 14.9 Å². The molecular formula is C20H23N3O4. The number of carbonyl (C=O) groups excluding carboxylic acids is 1. The van der Waals surface area contributed by atoms with Crippen molar-refractivity contribution in [2.45, 2.75) is 26.7 Å². The molecule has 1 amide bonds. The molecule has 0 aliphatic heterocycles. The molecule has 2 heterocycles. The Balaban J connectivity index is 1.52. The second-order valence-corrected chi connectivity index (χ2v) is 6.50. The van der Waals surface area contributed by atoms with Crippen LogP contribution >= 0.6 is 0 Å². The number of benzene rings is 1. The highest BCUT2D eigenvalue weighted by Gasteiger charge is 2.21. The fraction of sp³-hybridized carbons (Fsp3) is 0.350. The summed E-state index contributed by atoms with van der Waals surface area (Å²) >= 11 is 0. The summed E-state index contributed by atoms with van der Waals surface area (Å²) in [6.45, 7) is 4.76. The molecule has 0 aliphatic carbocycles. The summed E-state index contributed by atoms with van der Waals surface area (Å²) in [5.74, 6) is 0.908. The molecule has 0 spiro atoms. The van der Waals surface area contributed by atoms with Crippen molar-refractivity contribution >= 4 is 17.0 Å². The highest BCUT2D eigenvalue weighted by atomic mass is 16.5. The predicted octanol–water partition coefficient (Wildman–Crippen LogP) is 2.73. The average molecular weight is 369 g/mol. The first-order valence-electron chi connectivity index (χ1n) is 8.90. The third-order valence-electron chi connectivity index (χ3n) is 4.32. The highest BCUT2D eigenvalue weighted by molar-refractivity contribution is 6.06. The third kappa shape index (κ3) is 4.19. The molecule has 0 saturated heterocycles. The van der Waals surface area contributed by atoms with E-state index in [0.717, 1.165) is 18.6 Å². The summed E-state index contributed by atoms with van der Waals surface area (Å²) in [5, 5.41) is 3.06. The number of unbranched alkanes of at least 4 members (excludes halogenated alkanes) is 1. The number of rotatable bonds is 7. The number of amides is 1. The zero-order valence-corrected chi connectivity index (χ0v) is 15.7. The Morgan fingerprint density at radius 3 is 2.70 bits per heavy atom. The zero-order valence-electron chi connectivity index (χ0n) is 15.7. The molecule has 0 fully saturated rings. The van der Waals surface area contributed by atoms with E-state index in [1.807, 2.05) is 31.2 Å². The lowest BCUT2D eigenvalue weighted by atomic mass is 10.1. The first-order valence-corrected chi connectivity index (χ1v) is 8.90. The topological polar surface area (TPSA) is 86.4 Å². The van der Waals surface area contributed by atoms with E-state index in [0.29, 0.717) is 18.9 Å². The second kappa shape index (κ2) is 8.07. The lowest BCUT2D eigenvalue weighted by Crippen LogP contribution is -2.27. The van der Waals surface area contributed by atoms with Gasteiger partial charge in [0.25, 0.3) is 11.5 Å². The minimum atomic E-state index is -0.323. The molecule has 1 aromatic carbocycles. The minimum Gasteiger partial charge on any atom is -0.494 e. The number of ether oxygens (including phenoxy) is 1. The molecule has 0 atom stereocenters. The first-order chi connectivity index (χ1) is 13.0. The maximum Gasteiger partial charge on any atom is 0.265 e. The van der Waals surface area contributed by atoms with E-state index in [9.17, 15) is 9.59 Å². The molecule has 0 bridgehead atoms. The number of nitrogens with zero attached hydrogens (tertiary/aromatic N) is 2. The average Bonchev–Trinajstić information content (AvgIpc) is 2.99. The van der Waals surface area contributed by atoms with Gasteiger partial charge in [0.15, 0.2) is 0 Å². The van der Waals surface area contributed by atoms with Gasteiger partial charge in [-0.1, -0.05) is 17.7 Å². The number of fused-ring (bicyclic) bond motifs is 1. The molecule has 27 heavy (non-hydrogen) atoms. The van der Waals surface area contributed by atoms with Crippen molar-refractivity contribution < 1.29 is 13.9 Å². The van der Waals surface area contributed by atoms with Crippen molar-refractivity contribution in [2.75, 3.05) is 13.2 Å². The Hall–Kier alpha value is -3.09. The zero-order chi connectivity index (χ0) is 19.4. The molecule has 1 N–H and O–H groups in total. The van der Waals surface area contributed by atoms with E-state index in [2.05, 4.69) is 10.3 Å². The van der Waals surface area contributed by atoms with Crippen LogP contribution in [0.15, 0.2) is 39.8 Å². The molecule has 142 valence electrons. The lowest BCUT2D eigenvalue weighted by molar-refractivity contribution is 0.0952.